The molecule has 0 radical (unpaired) electrons. The van der Waals surface area contributed by atoms with Crippen LogP contribution in [0.3, 0.4) is 0 Å². The van der Waals surface area contributed by atoms with Gasteiger partial charge in [0.25, 0.3) is 5.91 Å². The molecule has 1 aliphatic rings. The largest absolute Gasteiger partial charge is 0.322 e. The van der Waals surface area contributed by atoms with Gasteiger partial charge in [0.05, 0.1) is 5.52 Å². The van der Waals surface area contributed by atoms with Gasteiger partial charge in [0.2, 0.25) is 0 Å². The highest BCUT2D eigenvalue weighted by Gasteiger charge is 2.13. The molecular formula is C22H22ClN3OS. The lowest BCUT2D eigenvalue weighted by Crippen LogP contribution is -2.31. The van der Waals surface area contributed by atoms with Crippen molar-refractivity contribution < 1.29 is 4.79 Å². The number of thioether (sulfide) groups is 1. The molecule has 2 aromatic carbocycles. The number of carbonyl (C=O) groups is 1. The summed E-state index contributed by atoms with van der Waals surface area (Å²) in [4.78, 5) is 19.5. The normalized spacial score (nSPS) is 14.9. The van der Waals surface area contributed by atoms with Crippen LogP contribution in [-0.4, -0.2) is 40.4 Å². The van der Waals surface area contributed by atoms with Crippen LogP contribution < -0.4 is 5.32 Å². The summed E-state index contributed by atoms with van der Waals surface area (Å²) < 4.78 is 0. The summed E-state index contributed by atoms with van der Waals surface area (Å²) in [5.74, 6) is 2.29. The van der Waals surface area contributed by atoms with Gasteiger partial charge in [-0.3, -0.25) is 9.69 Å². The summed E-state index contributed by atoms with van der Waals surface area (Å²) >= 11 is 7.95. The van der Waals surface area contributed by atoms with Crippen LogP contribution >= 0.6 is 23.4 Å². The SMILES string of the molecule is Cc1cc(CN2CCSCC2)ccc1NC(=O)c1ccc2nc(Cl)ccc2c1. The van der Waals surface area contributed by atoms with Crippen LogP contribution in [-0.2, 0) is 6.54 Å². The molecule has 144 valence electrons. The lowest BCUT2D eigenvalue weighted by atomic mass is 10.1. The van der Waals surface area contributed by atoms with Crippen LogP contribution in [0, 0.1) is 6.92 Å². The monoisotopic (exact) mass is 411 g/mol. The van der Waals surface area contributed by atoms with E-state index in [0.29, 0.717) is 10.7 Å². The number of halogens is 1. The summed E-state index contributed by atoms with van der Waals surface area (Å²) in [6.45, 7) is 5.29. The van der Waals surface area contributed by atoms with E-state index in [0.717, 1.165) is 41.8 Å². The highest BCUT2D eigenvalue weighted by atomic mass is 35.5. The van der Waals surface area contributed by atoms with E-state index in [9.17, 15) is 4.79 Å². The summed E-state index contributed by atoms with van der Waals surface area (Å²) in [6.07, 6.45) is 0. The van der Waals surface area contributed by atoms with Crippen LogP contribution in [0.1, 0.15) is 21.5 Å². The highest BCUT2D eigenvalue weighted by Crippen LogP contribution is 2.22. The lowest BCUT2D eigenvalue weighted by molar-refractivity contribution is 0.102. The number of hydrogen-bond donors (Lipinski definition) is 1. The molecule has 6 heteroatoms. The first-order valence-corrected chi connectivity index (χ1v) is 10.9. The van der Waals surface area contributed by atoms with Crippen LogP contribution in [0.5, 0.6) is 0 Å². The minimum Gasteiger partial charge on any atom is -0.322 e. The van der Waals surface area contributed by atoms with Gasteiger partial charge in [-0.2, -0.15) is 11.8 Å². The van der Waals surface area contributed by atoms with E-state index in [4.69, 9.17) is 11.6 Å². The standard InChI is InChI=1S/C22H22ClN3OS/c1-15-12-16(14-26-8-10-28-11-9-26)2-5-19(15)25-22(27)18-3-6-20-17(13-18)4-7-21(23)24-20/h2-7,12-13H,8-11,14H2,1H3,(H,25,27). The second-order valence-electron chi connectivity index (χ2n) is 7.03. The molecule has 1 aliphatic heterocycles. The van der Waals surface area contributed by atoms with Gasteiger partial charge in [0.15, 0.2) is 0 Å². The second-order valence-corrected chi connectivity index (χ2v) is 8.65. The van der Waals surface area contributed by atoms with E-state index in [2.05, 4.69) is 27.3 Å². The number of carbonyl (C=O) groups excluding carboxylic acids is 1. The molecule has 0 saturated carbocycles. The number of fused-ring (bicyclic) bond motifs is 1. The van der Waals surface area contributed by atoms with Gasteiger partial charge in [-0.15, -0.1) is 0 Å². The Kier molecular flexibility index (Phi) is 5.85. The zero-order valence-corrected chi connectivity index (χ0v) is 17.3. The van der Waals surface area contributed by atoms with E-state index in [-0.39, 0.29) is 5.91 Å². The molecule has 0 unspecified atom stereocenters. The van der Waals surface area contributed by atoms with E-state index in [1.165, 1.54) is 17.1 Å². The number of nitrogens with one attached hydrogen (secondary N) is 1. The summed E-state index contributed by atoms with van der Waals surface area (Å²) in [6, 6.07) is 15.3. The van der Waals surface area contributed by atoms with E-state index in [1.807, 2.05) is 43.0 Å². The van der Waals surface area contributed by atoms with E-state index >= 15 is 0 Å². The van der Waals surface area contributed by atoms with Crippen molar-refractivity contribution in [3.63, 3.8) is 0 Å². The second kappa shape index (κ2) is 8.52. The van der Waals surface area contributed by atoms with Gasteiger partial charge in [-0.05, 0) is 54.4 Å². The third kappa shape index (κ3) is 4.49. The molecular weight excluding hydrogens is 390 g/mol. The summed E-state index contributed by atoms with van der Waals surface area (Å²) in [7, 11) is 0. The predicted molar refractivity (Wildman–Crippen MR) is 118 cm³/mol. The molecule has 1 aromatic heterocycles. The van der Waals surface area contributed by atoms with Gasteiger partial charge < -0.3 is 5.32 Å². The Morgan fingerprint density at radius 3 is 2.75 bits per heavy atom. The molecule has 2 heterocycles. The average molecular weight is 412 g/mol. The zero-order chi connectivity index (χ0) is 19.5. The molecule has 1 amide bonds. The molecule has 0 spiro atoms. The number of nitrogens with zero attached hydrogens (tertiary/aromatic N) is 2. The summed E-state index contributed by atoms with van der Waals surface area (Å²) in [5, 5.41) is 4.37. The van der Waals surface area contributed by atoms with Gasteiger partial charge in [-0.1, -0.05) is 23.7 Å². The average Bonchev–Trinajstić information content (AvgIpc) is 2.70. The third-order valence-electron chi connectivity index (χ3n) is 4.97. The fourth-order valence-electron chi connectivity index (χ4n) is 3.42. The molecule has 1 N–H and O–H groups in total. The van der Waals surface area contributed by atoms with Gasteiger partial charge in [0.1, 0.15) is 5.15 Å². The van der Waals surface area contributed by atoms with Crippen LogP contribution in [0.2, 0.25) is 5.15 Å². The Hall–Kier alpha value is -2.08. The topological polar surface area (TPSA) is 45.2 Å². The molecule has 0 aliphatic carbocycles. The summed E-state index contributed by atoms with van der Waals surface area (Å²) in [5.41, 5.74) is 4.59. The molecule has 0 atom stereocenters. The Labute approximate surface area is 174 Å². The van der Waals surface area contributed by atoms with E-state index < -0.39 is 0 Å². The van der Waals surface area contributed by atoms with Crippen LogP contribution in [0.15, 0.2) is 48.5 Å². The smallest absolute Gasteiger partial charge is 0.255 e. The number of aromatic nitrogens is 1. The van der Waals surface area contributed by atoms with Crippen molar-refractivity contribution in [1.29, 1.82) is 0 Å². The molecule has 3 aromatic rings. The Balaban J connectivity index is 1.47. The molecule has 1 saturated heterocycles. The number of hydrogen-bond acceptors (Lipinski definition) is 4. The molecule has 4 rings (SSSR count). The van der Waals surface area contributed by atoms with E-state index in [1.54, 1.807) is 12.1 Å². The quantitative estimate of drug-likeness (QED) is 0.614. The maximum atomic E-state index is 12.7. The number of amides is 1. The number of rotatable bonds is 4. The first-order chi connectivity index (χ1) is 13.6. The van der Waals surface area contributed by atoms with Gasteiger partial charge in [0, 0.05) is 47.8 Å². The highest BCUT2D eigenvalue weighted by molar-refractivity contribution is 7.99. The van der Waals surface area contributed by atoms with Crippen molar-refractivity contribution in [2.45, 2.75) is 13.5 Å². The fourth-order valence-corrected chi connectivity index (χ4v) is 4.55. The number of benzene rings is 2. The minimum absolute atomic E-state index is 0.124. The Morgan fingerprint density at radius 2 is 1.96 bits per heavy atom. The molecule has 4 nitrogen and oxygen atoms in total. The maximum absolute atomic E-state index is 12.7. The van der Waals surface area contributed by atoms with Crippen molar-refractivity contribution >= 4 is 45.9 Å². The molecule has 1 fully saturated rings. The van der Waals surface area contributed by atoms with Crippen molar-refractivity contribution in [2.75, 3.05) is 29.9 Å². The third-order valence-corrected chi connectivity index (χ3v) is 6.12. The molecule has 28 heavy (non-hydrogen) atoms. The fraction of sp³-hybridized carbons (Fsp3) is 0.273. The van der Waals surface area contributed by atoms with Gasteiger partial charge in [-0.25, -0.2) is 4.98 Å². The first kappa shape index (κ1) is 19.2. The number of anilines is 1. The van der Waals surface area contributed by atoms with Gasteiger partial charge >= 0.3 is 0 Å². The lowest BCUT2D eigenvalue weighted by Gasteiger charge is -2.26. The van der Waals surface area contributed by atoms with Crippen LogP contribution in [0.25, 0.3) is 10.9 Å². The van der Waals surface area contributed by atoms with Crippen LogP contribution in [0.4, 0.5) is 5.69 Å². The first-order valence-electron chi connectivity index (χ1n) is 9.36. The number of pyridine rings is 1. The van der Waals surface area contributed by atoms with Crippen molar-refractivity contribution in [3.8, 4) is 0 Å². The minimum atomic E-state index is -0.124. The van der Waals surface area contributed by atoms with Crippen molar-refractivity contribution in [2.24, 2.45) is 0 Å². The zero-order valence-electron chi connectivity index (χ0n) is 15.7. The van der Waals surface area contributed by atoms with Crippen molar-refractivity contribution in [1.82, 2.24) is 9.88 Å². The maximum Gasteiger partial charge on any atom is 0.255 e. The molecule has 0 bridgehead atoms. The Bertz CT molecular complexity index is 1020. The number of aryl methyl sites for hydroxylation is 1. The van der Waals surface area contributed by atoms with Crippen molar-refractivity contribution in [3.05, 3.63) is 70.4 Å². The Morgan fingerprint density at radius 1 is 1.14 bits per heavy atom. The predicted octanol–water partition coefficient (Wildman–Crippen LogP) is 5.00.